The molecule has 2 heterocycles. The molecule has 0 saturated heterocycles. The zero-order chi connectivity index (χ0) is 15.6. The van der Waals surface area contributed by atoms with Gasteiger partial charge >= 0.3 is 6.18 Å². The predicted molar refractivity (Wildman–Crippen MR) is 74.4 cm³/mol. The van der Waals surface area contributed by atoms with Crippen LogP contribution in [0.4, 0.5) is 19.0 Å². The van der Waals surface area contributed by atoms with E-state index in [2.05, 4.69) is 20.6 Å². The number of alkyl halides is 3. The maximum Gasteiger partial charge on any atom is 0.453 e. The highest BCUT2D eigenvalue weighted by Gasteiger charge is 2.37. The molecule has 0 bridgehead atoms. The largest absolute Gasteiger partial charge is 0.453 e. The Morgan fingerprint density at radius 1 is 1.00 bits per heavy atom. The quantitative estimate of drug-likeness (QED) is 0.805. The summed E-state index contributed by atoms with van der Waals surface area (Å²) in [6, 6.07) is 12.8. The van der Waals surface area contributed by atoms with Crippen LogP contribution in [0.15, 0.2) is 42.5 Å². The molecule has 0 fully saturated rings. The lowest BCUT2D eigenvalue weighted by Gasteiger charge is -2.07. The fourth-order valence-corrected chi connectivity index (χ4v) is 2.04. The molecule has 0 aliphatic carbocycles. The third-order valence-electron chi connectivity index (χ3n) is 3.08. The molecule has 0 spiro atoms. The molecule has 0 aliphatic rings. The zero-order valence-electron chi connectivity index (χ0n) is 11.4. The van der Waals surface area contributed by atoms with E-state index in [1.807, 2.05) is 30.3 Å². The number of hydrogen-bond acceptors (Lipinski definition) is 4. The molecule has 3 rings (SSSR count). The second kappa shape index (κ2) is 5.63. The number of nitrogens with one attached hydrogen (secondary N) is 1. The first-order valence-corrected chi connectivity index (χ1v) is 6.61. The van der Waals surface area contributed by atoms with Crippen LogP contribution in [0.3, 0.4) is 0 Å². The van der Waals surface area contributed by atoms with Crippen LogP contribution in [-0.4, -0.2) is 26.4 Å². The summed E-state index contributed by atoms with van der Waals surface area (Å²) >= 11 is 0. The monoisotopic (exact) mass is 307 g/mol. The molecule has 5 nitrogen and oxygen atoms in total. The van der Waals surface area contributed by atoms with E-state index in [1.165, 1.54) is 6.07 Å². The van der Waals surface area contributed by atoms with E-state index in [4.69, 9.17) is 0 Å². The summed E-state index contributed by atoms with van der Waals surface area (Å²) in [5, 5.41) is 13.5. The van der Waals surface area contributed by atoms with Crippen molar-refractivity contribution in [1.29, 1.82) is 0 Å². The Hall–Kier alpha value is -2.64. The van der Waals surface area contributed by atoms with Crippen molar-refractivity contribution in [3.63, 3.8) is 0 Å². The Balaban J connectivity index is 1.74. The standard InChI is InChI=1S/C14H12F3N5/c15-14(16,17)13-20-19-12-7-6-11(21-22(12)13)18-9-8-10-4-2-1-3-5-10/h1-7H,8-9H2,(H,18,21). The molecule has 1 aromatic carbocycles. The topological polar surface area (TPSA) is 55.1 Å². The van der Waals surface area contributed by atoms with Gasteiger partial charge in [-0.25, -0.2) is 0 Å². The van der Waals surface area contributed by atoms with Crippen molar-refractivity contribution in [2.24, 2.45) is 0 Å². The van der Waals surface area contributed by atoms with Crippen LogP contribution in [0.5, 0.6) is 0 Å². The number of rotatable bonds is 4. The summed E-state index contributed by atoms with van der Waals surface area (Å²) in [6.45, 7) is 0.562. The van der Waals surface area contributed by atoms with Gasteiger partial charge in [0.15, 0.2) is 5.65 Å². The van der Waals surface area contributed by atoms with Gasteiger partial charge in [0, 0.05) is 6.54 Å². The third kappa shape index (κ3) is 3.00. The van der Waals surface area contributed by atoms with E-state index in [1.54, 1.807) is 6.07 Å². The predicted octanol–water partition coefficient (Wildman–Crippen LogP) is 2.80. The first-order valence-electron chi connectivity index (χ1n) is 6.61. The van der Waals surface area contributed by atoms with Crippen LogP contribution in [0.2, 0.25) is 0 Å². The fourth-order valence-electron chi connectivity index (χ4n) is 2.04. The number of halogens is 3. The van der Waals surface area contributed by atoms with Gasteiger partial charge in [0.25, 0.3) is 5.82 Å². The molecule has 0 unspecified atom stereocenters. The average Bonchev–Trinajstić information content (AvgIpc) is 2.91. The second-order valence-electron chi connectivity index (χ2n) is 4.67. The van der Waals surface area contributed by atoms with E-state index < -0.39 is 12.0 Å². The highest BCUT2D eigenvalue weighted by molar-refractivity contribution is 5.44. The molecule has 22 heavy (non-hydrogen) atoms. The van der Waals surface area contributed by atoms with Gasteiger partial charge in [0.1, 0.15) is 5.82 Å². The molecule has 0 saturated carbocycles. The highest BCUT2D eigenvalue weighted by atomic mass is 19.4. The van der Waals surface area contributed by atoms with Crippen molar-refractivity contribution in [1.82, 2.24) is 19.8 Å². The minimum Gasteiger partial charge on any atom is -0.368 e. The van der Waals surface area contributed by atoms with Gasteiger partial charge in [-0.05, 0) is 24.1 Å². The number of fused-ring (bicyclic) bond motifs is 1. The minimum atomic E-state index is -4.59. The Labute approximate surface area is 123 Å². The highest BCUT2D eigenvalue weighted by Crippen LogP contribution is 2.27. The molecule has 114 valence electrons. The molecule has 0 aliphatic heterocycles. The maximum absolute atomic E-state index is 12.8. The van der Waals surface area contributed by atoms with Crippen molar-refractivity contribution < 1.29 is 13.2 Å². The second-order valence-corrected chi connectivity index (χ2v) is 4.67. The maximum atomic E-state index is 12.8. The summed E-state index contributed by atoms with van der Waals surface area (Å²) < 4.78 is 39.0. The molecule has 0 amide bonds. The average molecular weight is 307 g/mol. The molecule has 1 N–H and O–H groups in total. The lowest BCUT2D eigenvalue weighted by Crippen LogP contribution is -2.14. The van der Waals surface area contributed by atoms with E-state index in [0.717, 1.165) is 12.0 Å². The Morgan fingerprint density at radius 2 is 1.77 bits per heavy atom. The summed E-state index contributed by atoms with van der Waals surface area (Å²) in [4.78, 5) is 0. The van der Waals surface area contributed by atoms with Crippen LogP contribution < -0.4 is 5.32 Å². The van der Waals surface area contributed by atoms with E-state index in [0.29, 0.717) is 16.9 Å². The number of aromatic nitrogens is 4. The van der Waals surface area contributed by atoms with Gasteiger partial charge in [-0.1, -0.05) is 30.3 Å². The smallest absolute Gasteiger partial charge is 0.368 e. The molecule has 0 atom stereocenters. The summed E-state index contributed by atoms with van der Waals surface area (Å²) in [7, 11) is 0. The molecular weight excluding hydrogens is 295 g/mol. The van der Waals surface area contributed by atoms with Gasteiger partial charge in [-0.3, -0.25) is 0 Å². The molecule has 0 radical (unpaired) electrons. The van der Waals surface area contributed by atoms with Crippen molar-refractivity contribution >= 4 is 11.5 Å². The summed E-state index contributed by atoms with van der Waals surface area (Å²) in [5.74, 6) is -0.789. The number of anilines is 1. The van der Waals surface area contributed by atoms with Crippen LogP contribution in [0, 0.1) is 0 Å². The van der Waals surface area contributed by atoms with Gasteiger partial charge in [-0.15, -0.1) is 15.3 Å². The Bertz CT molecular complexity index is 767. The third-order valence-corrected chi connectivity index (χ3v) is 3.08. The number of nitrogens with zero attached hydrogens (tertiary/aromatic N) is 4. The van der Waals surface area contributed by atoms with Crippen LogP contribution in [0.1, 0.15) is 11.4 Å². The lowest BCUT2D eigenvalue weighted by molar-refractivity contribution is -0.146. The first kappa shape index (κ1) is 14.3. The van der Waals surface area contributed by atoms with Crippen LogP contribution >= 0.6 is 0 Å². The summed E-state index contributed by atoms with van der Waals surface area (Å²) in [5.41, 5.74) is 1.19. The van der Waals surface area contributed by atoms with Crippen LogP contribution in [0.25, 0.3) is 5.65 Å². The molecule has 3 aromatic rings. The summed E-state index contributed by atoms with van der Waals surface area (Å²) in [6.07, 6.45) is -3.84. The number of benzene rings is 1. The molecular formula is C14H12F3N5. The Kier molecular flexibility index (Phi) is 3.66. The van der Waals surface area contributed by atoms with Crippen LogP contribution in [-0.2, 0) is 12.6 Å². The Morgan fingerprint density at radius 3 is 2.50 bits per heavy atom. The van der Waals surface area contributed by atoms with Gasteiger partial charge < -0.3 is 5.32 Å². The van der Waals surface area contributed by atoms with E-state index in [-0.39, 0.29) is 5.65 Å². The van der Waals surface area contributed by atoms with Gasteiger partial charge in [0.2, 0.25) is 0 Å². The zero-order valence-corrected chi connectivity index (χ0v) is 11.4. The van der Waals surface area contributed by atoms with Crippen molar-refractivity contribution in [2.75, 3.05) is 11.9 Å². The van der Waals surface area contributed by atoms with E-state index in [9.17, 15) is 13.2 Å². The fraction of sp³-hybridized carbons (Fsp3) is 0.214. The van der Waals surface area contributed by atoms with Crippen molar-refractivity contribution in [2.45, 2.75) is 12.6 Å². The lowest BCUT2D eigenvalue weighted by atomic mass is 10.1. The molecule has 2 aromatic heterocycles. The van der Waals surface area contributed by atoms with Gasteiger partial charge in [0.05, 0.1) is 0 Å². The van der Waals surface area contributed by atoms with E-state index >= 15 is 0 Å². The van der Waals surface area contributed by atoms with Crippen molar-refractivity contribution in [3.05, 3.63) is 53.9 Å². The first-order chi connectivity index (χ1) is 10.5. The van der Waals surface area contributed by atoms with Gasteiger partial charge in [-0.2, -0.15) is 17.7 Å². The normalized spacial score (nSPS) is 11.8. The SMILES string of the molecule is FC(F)(F)c1nnc2ccc(NCCc3ccccc3)nn12. The molecule has 8 heteroatoms. The number of hydrogen-bond donors (Lipinski definition) is 1. The van der Waals surface area contributed by atoms with Crippen molar-refractivity contribution in [3.8, 4) is 0 Å². The minimum absolute atomic E-state index is 0.0564.